The molecule has 15 heavy (non-hydrogen) atoms. The Hall–Kier alpha value is -1.31. The maximum atomic E-state index is 4.51. The first-order valence-corrected chi connectivity index (χ1v) is 5.69. The van der Waals surface area contributed by atoms with Gasteiger partial charge in [0.2, 0.25) is 0 Å². The Balaban J connectivity index is 2.28. The van der Waals surface area contributed by atoms with E-state index >= 15 is 0 Å². The predicted octanol–water partition coefficient (Wildman–Crippen LogP) is 3.15. The number of aromatic nitrogens is 2. The molecule has 1 heterocycles. The molecule has 0 amide bonds. The molecule has 3 rings (SSSR count). The fourth-order valence-corrected chi connectivity index (χ4v) is 2.61. The molecule has 0 saturated heterocycles. The lowest BCUT2D eigenvalue weighted by Gasteiger charge is -2.26. The van der Waals surface area contributed by atoms with Crippen molar-refractivity contribution < 1.29 is 0 Å². The fraction of sp³-hybridized carbons (Fsp3) is 0.462. The summed E-state index contributed by atoms with van der Waals surface area (Å²) in [6, 6.07) is 6.61. The second-order valence-corrected chi connectivity index (χ2v) is 4.58. The van der Waals surface area contributed by atoms with Crippen LogP contribution in [0.4, 0.5) is 0 Å². The molecule has 1 aliphatic carbocycles. The molecule has 0 unspecified atom stereocenters. The zero-order valence-corrected chi connectivity index (χ0v) is 9.33. The predicted molar refractivity (Wildman–Crippen MR) is 62.0 cm³/mol. The minimum absolute atomic E-state index is 0.789. The van der Waals surface area contributed by atoms with Crippen molar-refractivity contribution in [1.82, 2.24) is 9.78 Å². The average molecular weight is 200 g/mol. The lowest BCUT2D eigenvalue weighted by atomic mass is 9.78. The molecule has 2 heteroatoms. The van der Waals surface area contributed by atoms with Crippen LogP contribution in [0.2, 0.25) is 0 Å². The van der Waals surface area contributed by atoms with Crippen LogP contribution in [0.25, 0.3) is 10.9 Å². The first-order chi connectivity index (χ1) is 7.27. The molecule has 1 fully saturated rings. The smallest absolute Gasteiger partial charge is 0.0684 e. The first kappa shape index (κ1) is 8.96. The summed E-state index contributed by atoms with van der Waals surface area (Å²) in [5.74, 6) is 0.789. The van der Waals surface area contributed by atoms with Gasteiger partial charge < -0.3 is 0 Å². The summed E-state index contributed by atoms with van der Waals surface area (Å²) in [7, 11) is 2.03. The van der Waals surface area contributed by atoms with E-state index < -0.39 is 0 Å². The van der Waals surface area contributed by atoms with Gasteiger partial charge in [-0.1, -0.05) is 18.6 Å². The largest absolute Gasteiger partial charge is 0.268 e. The van der Waals surface area contributed by atoms with Gasteiger partial charge in [-0.2, -0.15) is 5.10 Å². The van der Waals surface area contributed by atoms with Crippen LogP contribution in [0.5, 0.6) is 0 Å². The molecule has 0 bridgehead atoms. The lowest BCUT2D eigenvalue weighted by molar-refractivity contribution is 0.422. The van der Waals surface area contributed by atoms with E-state index in [1.165, 1.54) is 41.4 Å². The number of hydrogen-bond acceptors (Lipinski definition) is 1. The maximum absolute atomic E-state index is 4.51. The Kier molecular flexibility index (Phi) is 1.84. The van der Waals surface area contributed by atoms with Gasteiger partial charge in [0.1, 0.15) is 0 Å². The molecule has 1 saturated carbocycles. The molecule has 0 spiro atoms. The van der Waals surface area contributed by atoms with E-state index in [1.807, 2.05) is 11.7 Å². The highest BCUT2D eigenvalue weighted by Gasteiger charge is 2.23. The van der Waals surface area contributed by atoms with Gasteiger partial charge in [0.25, 0.3) is 0 Å². The Bertz CT molecular complexity index is 506. The SMILES string of the molecule is Cc1nn(C)c2cccc(C3CCC3)c12. The van der Waals surface area contributed by atoms with Crippen molar-refractivity contribution in [1.29, 1.82) is 0 Å². The minimum Gasteiger partial charge on any atom is -0.268 e. The van der Waals surface area contributed by atoms with Gasteiger partial charge in [0.05, 0.1) is 11.2 Å². The van der Waals surface area contributed by atoms with Crippen LogP contribution in [0.3, 0.4) is 0 Å². The number of rotatable bonds is 1. The van der Waals surface area contributed by atoms with Crippen molar-refractivity contribution in [2.75, 3.05) is 0 Å². The first-order valence-electron chi connectivity index (χ1n) is 5.69. The van der Waals surface area contributed by atoms with Gasteiger partial charge in [-0.25, -0.2) is 0 Å². The Morgan fingerprint density at radius 3 is 2.80 bits per heavy atom. The van der Waals surface area contributed by atoms with E-state index in [-0.39, 0.29) is 0 Å². The average Bonchev–Trinajstić information content (AvgIpc) is 2.41. The van der Waals surface area contributed by atoms with E-state index in [2.05, 4.69) is 30.2 Å². The number of hydrogen-bond donors (Lipinski definition) is 0. The summed E-state index contributed by atoms with van der Waals surface area (Å²) in [5, 5.41) is 5.90. The molecular weight excluding hydrogens is 184 g/mol. The van der Waals surface area contributed by atoms with Gasteiger partial charge in [0, 0.05) is 12.4 Å². The molecule has 78 valence electrons. The van der Waals surface area contributed by atoms with Crippen LogP contribution in [0, 0.1) is 6.92 Å². The summed E-state index contributed by atoms with van der Waals surface area (Å²) in [4.78, 5) is 0. The van der Waals surface area contributed by atoms with Crippen LogP contribution >= 0.6 is 0 Å². The van der Waals surface area contributed by atoms with Crippen molar-refractivity contribution in [2.45, 2.75) is 32.1 Å². The molecule has 1 aliphatic rings. The molecule has 0 radical (unpaired) electrons. The monoisotopic (exact) mass is 200 g/mol. The quantitative estimate of drug-likeness (QED) is 0.691. The summed E-state index contributed by atoms with van der Waals surface area (Å²) in [6.07, 6.45) is 4.10. The molecule has 2 aromatic rings. The molecule has 0 N–H and O–H groups in total. The van der Waals surface area contributed by atoms with E-state index in [0.29, 0.717) is 0 Å². The zero-order valence-electron chi connectivity index (χ0n) is 9.33. The zero-order chi connectivity index (χ0) is 10.4. The topological polar surface area (TPSA) is 17.8 Å². The van der Waals surface area contributed by atoms with Gasteiger partial charge in [-0.15, -0.1) is 0 Å². The normalized spacial score (nSPS) is 16.9. The van der Waals surface area contributed by atoms with Crippen LogP contribution in [0.1, 0.15) is 36.4 Å². The molecule has 1 aromatic carbocycles. The number of benzene rings is 1. The molecule has 0 aliphatic heterocycles. The van der Waals surface area contributed by atoms with Crippen LogP contribution in [0.15, 0.2) is 18.2 Å². The highest BCUT2D eigenvalue weighted by molar-refractivity contribution is 5.86. The Morgan fingerprint density at radius 1 is 1.33 bits per heavy atom. The van der Waals surface area contributed by atoms with Gasteiger partial charge in [-0.05, 0) is 37.3 Å². The Labute approximate surface area is 89.9 Å². The second kappa shape index (κ2) is 3.09. The minimum atomic E-state index is 0.789. The highest BCUT2D eigenvalue weighted by atomic mass is 15.3. The van der Waals surface area contributed by atoms with E-state index in [9.17, 15) is 0 Å². The standard InChI is InChI=1S/C13H16N2/c1-9-13-11(10-5-3-6-10)7-4-8-12(13)15(2)14-9/h4,7-8,10H,3,5-6H2,1-2H3. The van der Waals surface area contributed by atoms with Crippen LogP contribution in [-0.2, 0) is 7.05 Å². The molecule has 1 aromatic heterocycles. The van der Waals surface area contributed by atoms with Crippen molar-refractivity contribution in [3.8, 4) is 0 Å². The van der Waals surface area contributed by atoms with Gasteiger partial charge in [-0.3, -0.25) is 4.68 Å². The third-order valence-corrected chi connectivity index (χ3v) is 3.63. The van der Waals surface area contributed by atoms with Gasteiger partial charge in [0.15, 0.2) is 0 Å². The molecule has 0 atom stereocenters. The summed E-state index contributed by atoms with van der Waals surface area (Å²) in [6.45, 7) is 2.12. The molecule has 2 nitrogen and oxygen atoms in total. The highest BCUT2D eigenvalue weighted by Crippen LogP contribution is 2.40. The van der Waals surface area contributed by atoms with Crippen molar-refractivity contribution in [3.63, 3.8) is 0 Å². The maximum Gasteiger partial charge on any atom is 0.0684 e. The summed E-state index contributed by atoms with van der Waals surface area (Å²) < 4.78 is 1.99. The van der Waals surface area contributed by atoms with Crippen LogP contribution in [-0.4, -0.2) is 9.78 Å². The van der Waals surface area contributed by atoms with E-state index in [1.54, 1.807) is 0 Å². The van der Waals surface area contributed by atoms with Crippen molar-refractivity contribution in [2.24, 2.45) is 7.05 Å². The van der Waals surface area contributed by atoms with Crippen molar-refractivity contribution in [3.05, 3.63) is 29.5 Å². The van der Waals surface area contributed by atoms with E-state index in [4.69, 9.17) is 0 Å². The van der Waals surface area contributed by atoms with E-state index in [0.717, 1.165) is 5.92 Å². The summed E-state index contributed by atoms with van der Waals surface area (Å²) >= 11 is 0. The molecular formula is C13H16N2. The third kappa shape index (κ3) is 1.21. The number of aryl methyl sites for hydroxylation is 2. The lowest BCUT2D eigenvalue weighted by Crippen LogP contribution is -2.09. The second-order valence-electron chi connectivity index (χ2n) is 4.58. The van der Waals surface area contributed by atoms with Crippen molar-refractivity contribution >= 4 is 10.9 Å². The fourth-order valence-electron chi connectivity index (χ4n) is 2.61. The third-order valence-electron chi connectivity index (χ3n) is 3.63. The number of nitrogens with zero attached hydrogens (tertiary/aromatic N) is 2. The Morgan fingerprint density at radius 2 is 2.13 bits per heavy atom. The van der Waals surface area contributed by atoms with Gasteiger partial charge >= 0.3 is 0 Å². The van der Waals surface area contributed by atoms with Crippen LogP contribution < -0.4 is 0 Å². The number of fused-ring (bicyclic) bond motifs is 1. The summed E-state index contributed by atoms with van der Waals surface area (Å²) in [5.41, 5.74) is 3.97.